The average Bonchev–Trinajstić information content (AvgIpc) is 2.35. The lowest BCUT2D eigenvalue weighted by Crippen LogP contribution is -2.13. The van der Waals surface area contributed by atoms with Gasteiger partial charge in [0.1, 0.15) is 0 Å². The van der Waals surface area contributed by atoms with Gasteiger partial charge in [0.05, 0.1) is 0 Å². The van der Waals surface area contributed by atoms with E-state index in [-0.39, 0.29) is 5.57 Å². The van der Waals surface area contributed by atoms with Crippen LogP contribution in [-0.2, 0) is 0 Å². The summed E-state index contributed by atoms with van der Waals surface area (Å²) in [4.78, 5) is 1.99. The van der Waals surface area contributed by atoms with E-state index in [9.17, 15) is 8.78 Å². The van der Waals surface area contributed by atoms with Gasteiger partial charge in [0.2, 0.25) is 0 Å². The van der Waals surface area contributed by atoms with Crippen molar-refractivity contribution in [3.05, 3.63) is 59.9 Å². The van der Waals surface area contributed by atoms with Crippen LogP contribution < -0.4 is 0 Å². The topological polar surface area (TPSA) is 3.24 Å². The minimum atomic E-state index is -2.47. The molecule has 0 N–H and O–H groups in total. The molecule has 0 aromatic carbocycles. The van der Waals surface area contributed by atoms with Crippen LogP contribution in [0.4, 0.5) is 8.78 Å². The highest BCUT2D eigenvalue weighted by atomic mass is 19.3. The molecule has 1 nitrogen and oxygen atoms in total. The van der Waals surface area contributed by atoms with Crippen molar-refractivity contribution in [2.45, 2.75) is 26.7 Å². The maximum absolute atomic E-state index is 12.6. The number of hydrogen-bond donors (Lipinski definition) is 0. The molecule has 0 aliphatic carbocycles. The van der Waals surface area contributed by atoms with Gasteiger partial charge in [-0.15, -0.1) is 0 Å². The first-order valence-electron chi connectivity index (χ1n) is 6.23. The molecule has 0 saturated heterocycles. The Morgan fingerprint density at radius 2 is 1.84 bits per heavy atom. The van der Waals surface area contributed by atoms with E-state index in [0.29, 0.717) is 5.57 Å². The van der Waals surface area contributed by atoms with E-state index in [4.69, 9.17) is 0 Å². The lowest BCUT2D eigenvalue weighted by molar-refractivity contribution is 0.194. The average molecular weight is 267 g/mol. The first-order valence-corrected chi connectivity index (χ1v) is 6.23. The highest BCUT2D eigenvalue weighted by Gasteiger charge is 2.08. The standard InChI is InChI=1S/C16H23F2N/c1-7-13(16(17)18)11-10-12(4)14(8-2)15(9-3)19(5)6/h7-8,10-11,16H,2,4,9H2,1,3,5-6H3/b11-10-,13-7+,15-14+. The van der Waals surface area contributed by atoms with Crippen LogP contribution in [0.5, 0.6) is 0 Å². The van der Waals surface area contributed by atoms with E-state index in [1.54, 1.807) is 19.1 Å². The Morgan fingerprint density at radius 1 is 1.26 bits per heavy atom. The van der Waals surface area contributed by atoms with E-state index in [0.717, 1.165) is 17.7 Å². The summed E-state index contributed by atoms with van der Waals surface area (Å²) >= 11 is 0. The fourth-order valence-corrected chi connectivity index (χ4v) is 1.76. The van der Waals surface area contributed by atoms with E-state index in [2.05, 4.69) is 13.2 Å². The second-order valence-electron chi connectivity index (χ2n) is 4.26. The lowest BCUT2D eigenvalue weighted by atomic mass is 10.0. The van der Waals surface area contributed by atoms with Crippen molar-refractivity contribution >= 4 is 0 Å². The second-order valence-corrected chi connectivity index (χ2v) is 4.26. The molecule has 3 heteroatoms. The summed E-state index contributed by atoms with van der Waals surface area (Å²) in [6.07, 6.45) is 4.48. The molecule has 0 radical (unpaired) electrons. The lowest BCUT2D eigenvalue weighted by Gasteiger charge is -2.20. The number of hydrogen-bond acceptors (Lipinski definition) is 1. The minimum absolute atomic E-state index is 0.00698. The van der Waals surface area contributed by atoms with Gasteiger partial charge in [0.15, 0.2) is 0 Å². The normalized spacial score (nSPS) is 13.7. The number of rotatable bonds is 7. The number of allylic oxidation sites excluding steroid dienone is 8. The highest BCUT2D eigenvalue weighted by Crippen LogP contribution is 2.21. The predicted octanol–water partition coefficient (Wildman–Crippen LogP) is 4.72. The summed E-state index contributed by atoms with van der Waals surface area (Å²) < 4.78 is 25.2. The Balaban J connectivity index is 5.29. The van der Waals surface area contributed by atoms with Crippen molar-refractivity contribution in [1.29, 1.82) is 0 Å². The smallest absolute Gasteiger partial charge is 0.263 e. The van der Waals surface area contributed by atoms with Gasteiger partial charge in [-0.3, -0.25) is 0 Å². The molecule has 0 bridgehead atoms. The molecule has 0 rings (SSSR count). The number of nitrogens with zero attached hydrogens (tertiary/aromatic N) is 1. The van der Waals surface area contributed by atoms with Crippen molar-refractivity contribution in [3.8, 4) is 0 Å². The Hall–Kier alpha value is -1.64. The summed E-state index contributed by atoms with van der Waals surface area (Å²) in [5, 5.41) is 0. The summed E-state index contributed by atoms with van der Waals surface area (Å²) in [6.45, 7) is 11.3. The van der Waals surface area contributed by atoms with Crippen LogP contribution in [0, 0.1) is 0 Å². The van der Waals surface area contributed by atoms with Gasteiger partial charge in [0, 0.05) is 25.4 Å². The van der Waals surface area contributed by atoms with Crippen LogP contribution in [-0.4, -0.2) is 25.4 Å². The minimum Gasteiger partial charge on any atom is -0.380 e. The molecule has 106 valence electrons. The third kappa shape index (κ3) is 5.25. The molecular weight excluding hydrogens is 244 g/mol. The van der Waals surface area contributed by atoms with Crippen molar-refractivity contribution in [2.24, 2.45) is 0 Å². The van der Waals surface area contributed by atoms with Crippen molar-refractivity contribution in [2.75, 3.05) is 14.1 Å². The fourth-order valence-electron chi connectivity index (χ4n) is 1.76. The Morgan fingerprint density at radius 3 is 2.16 bits per heavy atom. The van der Waals surface area contributed by atoms with Gasteiger partial charge in [-0.1, -0.05) is 44.4 Å². The van der Waals surface area contributed by atoms with Crippen LogP contribution in [0.1, 0.15) is 20.3 Å². The molecule has 0 atom stereocenters. The molecule has 0 aliphatic rings. The molecule has 0 fully saturated rings. The van der Waals surface area contributed by atoms with E-state index in [1.165, 1.54) is 12.2 Å². The van der Waals surface area contributed by atoms with Gasteiger partial charge in [-0.2, -0.15) is 0 Å². The van der Waals surface area contributed by atoms with Gasteiger partial charge < -0.3 is 4.90 Å². The van der Waals surface area contributed by atoms with Crippen LogP contribution >= 0.6 is 0 Å². The van der Waals surface area contributed by atoms with Gasteiger partial charge in [0.25, 0.3) is 6.43 Å². The third-order valence-electron chi connectivity index (χ3n) is 2.80. The van der Waals surface area contributed by atoms with Crippen LogP contribution in [0.25, 0.3) is 0 Å². The van der Waals surface area contributed by atoms with E-state index in [1.807, 2.05) is 25.9 Å². The maximum atomic E-state index is 12.6. The SMILES string of the molecule is C=C/C(C(=C)/C=C\C(=C/C)C(F)F)=C(/CC)N(C)C. The van der Waals surface area contributed by atoms with Gasteiger partial charge >= 0.3 is 0 Å². The van der Waals surface area contributed by atoms with Crippen LogP contribution in [0.3, 0.4) is 0 Å². The van der Waals surface area contributed by atoms with Crippen LogP contribution in [0.15, 0.2) is 59.9 Å². The Labute approximate surface area is 115 Å². The molecule has 19 heavy (non-hydrogen) atoms. The van der Waals surface area contributed by atoms with Crippen molar-refractivity contribution in [3.63, 3.8) is 0 Å². The summed E-state index contributed by atoms with van der Waals surface area (Å²) in [5.74, 6) is 0. The first-order chi connectivity index (χ1) is 8.88. The highest BCUT2D eigenvalue weighted by molar-refractivity contribution is 5.48. The molecule has 0 heterocycles. The largest absolute Gasteiger partial charge is 0.380 e. The Bertz CT molecular complexity index is 412. The third-order valence-corrected chi connectivity index (χ3v) is 2.80. The molecule has 0 aromatic rings. The molecule has 0 aliphatic heterocycles. The molecular formula is C16H23F2N. The number of halogens is 2. The number of alkyl halides is 2. The predicted molar refractivity (Wildman–Crippen MR) is 79.2 cm³/mol. The van der Waals surface area contributed by atoms with Crippen molar-refractivity contribution in [1.82, 2.24) is 4.90 Å². The van der Waals surface area contributed by atoms with Gasteiger partial charge in [-0.05, 0) is 24.5 Å². The molecule has 0 amide bonds. The van der Waals surface area contributed by atoms with Crippen molar-refractivity contribution < 1.29 is 8.78 Å². The monoisotopic (exact) mass is 267 g/mol. The second kappa shape index (κ2) is 8.46. The molecule has 0 saturated carbocycles. The quantitative estimate of drug-likeness (QED) is 0.603. The van der Waals surface area contributed by atoms with Gasteiger partial charge in [-0.25, -0.2) is 8.78 Å². The summed E-state index contributed by atoms with van der Waals surface area (Å²) in [6, 6.07) is 0. The zero-order chi connectivity index (χ0) is 15.0. The van der Waals surface area contributed by atoms with E-state index >= 15 is 0 Å². The summed E-state index contributed by atoms with van der Waals surface area (Å²) in [5.41, 5.74) is 2.63. The molecule has 0 spiro atoms. The molecule has 0 unspecified atom stereocenters. The van der Waals surface area contributed by atoms with E-state index < -0.39 is 6.43 Å². The zero-order valence-electron chi connectivity index (χ0n) is 12.2. The zero-order valence-corrected chi connectivity index (χ0v) is 12.2. The Kier molecular flexibility index (Phi) is 7.73. The molecule has 0 aromatic heterocycles. The maximum Gasteiger partial charge on any atom is 0.263 e. The fraction of sp³-hybridized carbons (Fsp3) is 0.375. The summed E-state index contributed by atoms with van der Waals surface area (Å²) in [7, 11) is 3.88. The first kappa shape index (κ1) is 17.4. The van der Waals surface area contributed by atoms with Crippen LogP contribution in [0.2, 0.25) is 0 Å².